The maximum absolute atomic E-state index is 13.2. The second-order valence-corrected chi connectivity index (χ2v) is 9.49. The van der Waals surface area contributed by atoms with Gasteiger partial charge in [-0.15, -0.1) is 0 Å². The molecule has 1 aromatic carbocycles. The molecular weight excluding hydrogens is 436 g/mol. The first kappa shape index (κ1) is 18.5. The van der Waals surface area contributed by atoms with Gasteiger partial charge in [0.05, 0.1) is 31.0 Å². The van der Waals surface area contributed by atoms with Gasteiger partial charge in [0.1, 0.15) is 0 Å². The summed E-state index contributed by atoms with van der Waals surface area (Å²) in [5, 5.41) is 3.80. The lowest BCUT2D eigenvalue weighted by Crippen LogP contribution is -2.48. The minimum absolute atomic E-state index is 0.0918. The monoisotopic (exact) mass is 451 g/mol. The first-order chi connectivity index (χ1) is 11.0. The molecule has 1 N–H and O–H groups in total. The Balaban J connectivity index is 2.02. The van der Waals surface area contributed by atoms with Crippen molar-refractivity contribution in [2.24, 2.45) is 16.2 Å². The summed E-state index contributed by atoms with van der Waals surface area (Å²) < 4.78 is 0. The van der Waals surface area contributed by atoms with E-state index in [0.29, 0.717) is 33.6 Å². The van der Waals surface area contributed by atoms with Crippen LogP contribution in [-0.2, 0) is 9.59 Å². The van der Waals surface area contributed by atoms with Crippen LogP contribution in [0, 0.1) is 16.2 Å². The van der Waals surface area contributed by atoms with Crippen molar-refractivity contribution in [2.75, 3.05) is 5.32 Å². The van der Waals surface area contributed by atoms with E-state index in [0.717, 1.165) is 0 Å². The molecule has 0 saturated heterocycles. The van der Waals surface area contributed by atoms with Gasteiger partial charge in [0.2, 0.25) is 5.91 Å². The zero-order valence-corrected chi connectivity index (χ0v) is 17.3. The van der Waals surface area contributed by atoms with Crippen LogP contribution < -0.4 is 5.32 Å². The summed E-state index contributed by atoms with van der Waals surface area (Å²) in [6.07, 6.45) is 1.34. The number of benzene rings is 1. The lowest BCUT2D eigenvalue weighted by molar-refractivity contribution is -0.130. The third kappa shape index (κ3) is 2.09. The SMILES string of the molecule is CC12CCC(C(=O)Nc3cc(Cl)c(Cl)cc3Cl)(C(Br)C1=O)C2(C)C. The van der Waals surface area contributed by atoms with Crippen LogP contribution in [0.4, 0.5) is 5.69 Å². The van der Waals surface area contributed by atoms with Crippen molar-refractivity contribution in [2.45, 2.75) is 38.4 Å². The quantitative estimate of drug-likeness (QED) is 0.458. The Morgan fingerprint density at radius 3 is 2.25 bits per heavy atom. The molecule has 0 heterocycles. The van der Waals surface area contributed by atoms with Crippen LogP contribution in [0.2, 0.25) is 15.1 Å². The molecule has 1 aromatic rings. The molecule has 3 rings (SSSR count). The number of fused-ring (bicyclic) bond motifs is 2. The van der Waals surface area contributed by atoms with Gasteiger partial charge in [-0.25, -0.2) is 0 Å². The molecule has 2 saturated carbocycles. The van der Waals surface area contributed by atoms with Crippen molar-refractivity contribution in [3.05, 3.63) is 27.2 Å². The molecule has 2 aliphatic rings. The Labute approximate surface area is 164 Å². The number of rotatable bonds is 2. The van der Waals surface area contributed by atoms with Gasteiger partial charge in [0.25, 0.3) is 0 Å². The molecular formula is C17H17BrCl3NO2. The Hall–Kier alpha value is -0.290. The highest BCUT2D eigenvalue weighted by molar-refractivity contribution is 9.10. The number of hydrogen-bond acceptors (Lipinski definition) is 2. The van der Waals surface area contributed by atoms with Gasteiger partial charge in [-0.1, -0.05) is 71.5 Å². The van der Waals surface area contributed by atoms with Crippen LogP contribution in [0.5, 0.6) is 0 Å². The van der Waals surface area contributed by atoms with Crippen LogP contribution in [-0.4, -0.2) is 16.5 Å². The lowest BCUT2D eigenvalue weighted by atomic mass is 9.64. The number of hydrogen-bond donors (Lipinski definition) is 1. The second-order valence-electron chi connectivity index (χ2n) is 7.36. The highest BCUT2D eigenvalue weighted by Gasteiger charge is 2.76. The van der Waals surface area contributed by atoms with Crippen LogP contribution in [0.25, 0.3) is 0 Å². The van der Waals surface area contributed by atoms with Crippen molar-refractivity contribution in [3.63, 3.8) is 0 Å². The van der Waals surface area contributed by atoms with Crippen molar-refractivity contribution >= 4 is 68.1 Å². The Morgan fingerprint density at radius 2 is 1.71 bits per heavy atom. The smallest absolute Gasteiger partial charge is 0.232 e. The number of nitrogens with one attached hydrogen (secondary N) is 1. The molecule has 0 spiro atoms. The van der Waals surface area contributed by atoms with Crippen molar-refractivity contribution in [1.29, 1.82) is 0 Å². The van der Waals surface area contributed by atoms with Gasteiger partial charge in [-0.3, -0.25) is 9.59 Å². The van der Waals surface area contributed by atoms with Gasteiger partial charge in [0.15, 0.2) is 5.78 Å². The number of anilines is 1. The molecule has 24 heavy (non-hydrogen) atoms. The summed E-state index contributed by atoms with van der Waals surface area (Å²) in [4.78, 5) is 25.5. The molecule has 1 amide bonds. The van der Waals surface area contributed by atoms with E-state index in [4.69, 9.17) is 34.8 Å². The third-order valence-corrected chi connectivity index (χ3v) is 8.62. The summed E-state index contributed by atoms with van der Waals surface area (Å²) in [5.41, 5.74) is -1.42. The van der Waals surface area contributed by atoms with Crippen LogP contribution >= 0.6 is 50.7 Å². The molecule has 3 unspecified atom stereocenters. The van der Waals surface area contributed by atoms with Crippen LogP contribution in [0.3, 0.4) is 0 Å². The van der Waals surface area contributed by atoms with E-state index >= 15 is 0 Å². The topological polar surface area (TPSA) is 46.2 Å². The Kier molecular flexibility index (Phi) is 4.32. The average molecular weight is 454 g/mol. The highest BCUT2D eigenvalue weighted by Crippen LogP contribution is 2.72. The van der Waals surface area contributed by atoms with Crippen molar-refractivity contribution in [3.8, 4) is 0 Å². The molecule has 3 atom stereocenters. The molecule has 0 aromatic heterocycles. The summed E-state index contributed by atoms with van der Waals surface area (Å²) >= 11 is 21.6. The number of amides is 1. The van der Waals surface area contributed by atoms with E-state index in [1.54, 1.807) is 0 Å². The molecule has 0 radical (unpaired) electrons. The average Bonchev–Trinajstić information content (AvgIpc) is 2.77. The molecule has 0 aliphatic heterocycles. The van der Waals surface area contributed by atoms with Crippen molar-refractivity contribution in [1.82, 2.24) is 0 Å². The number of alkyl halides is 1. The number of Topliss-reactive ketones (excluding diaryl/α,β-unsaturated/α-hetero) is 1. The first-order valence-corrected chi connectivity index (χ1v) is 9.68. The van der Waals surface area contributed by atoms with Crippen LogP contribution in [0.15, 0.2) is 12.1 Å². The third-order valence-electron chi connectivity index (χ3n) is 6.38. The number of carbonyl (C=O) groups excluding carboxylic acids is 2. The zero-order chi connectivity index (χ0) is 18.1. The fraction of sp³-hybridized carbons (Fsp3) is 0.529. The Bertz CT molecular complexity index is 766. The zero-order valence-electron chi connectivity index (χ0n) is 13.5. The van der Waals surface area contributed by atoms with E-state index in [1.807, 2.05) is 20.8 Å². The predicted octanol–water partition coefficient (Wildman–Crippen LogP) is 5.74. The fourth-order valence-corrected chi connectivity index (χ4v) is 6.42. The predicted molar refractivity (Wildman–Crippen MR) is 101 cm³/mol. The second kappa shape index (κ2) is 5.60. The van der Waals surface area contributed by atoms with E-state index < -0.39 is 21.1 Å². The normalized spacial score (nSPS) is 33.8. The largest absolute Gasteiger partial charge is 0.324 e. The van der Waals surface area contributed by atoms with Gasteiger partial charge in [-0.2, -0.15) is 0 Å². The maximum atomic E-state index is 13.2. The van der Waals surface area contributed by atoms with Gasteiger partial charge in [-0.05, 0) is 30.4 Å². The summed E-state index contributed by atoms with van der Waals surface area (Å²) in [7, 11) is 0. The molecule has 2 aliphatic carbocycles. The highest BCUT2D eigenvalue weighted by atomic mass is 79.9. The van der Waals surface area contributed by atoms with E-state index in [-0.39, 0.29) is 11.7 Å². The molecule has 130 valence electrons. The standard InChI is InChI=1S/C17H17BrCl3NO2/c1-15(2)16(3)4-5-17(15,12(18)13(16)23)14(24)22-11-7-9(20)8(19)6-10(11)21/h6-7,12H,4-5H2,1-3H3,(H,22,24). The van der Waals surface area contributed by atoms with Crippen LogP contribution in [0.1, 0.15) is 33.6 Å². The summed E-state index contributed by atoms with van der Waals surface area (Å²) in [6, 6.07) is 3.02. The van der Waals surface area contributed by atoms with E-state index in [1.165, 1.54) is 12.1 Å². The van der Waals surface area contributed by atoms with Gasteiger partial charge in [0, 0.05) is 5.41 Å². The number of carbonyl (C=O) groups is 2. The number of ketones is 1. The number of halogens is 4. The lowest BCUT2D eigenvalue weighted by Gasteiger charge is -2.39. The minimum atomic E-state index is -0.825. The summed E-state index contributed by atoms with van der Waals surface area (Å²) in [5.74, 6) is -0.127. The molecule has 3 nitrogen and oxygen atoms in total. The molecule has 7 heteroatoms. The van der Waals surface area contributed by atoms with Gasteiger partial charge >= 0.3 is 0 Å². The maximum Gasteiger partial charge on any atom is 0.232 e. The fourth-order valence-electron chi connectivity index (χ4n) is 4.31. The minimum Gasteiger partial charge on any atom is -0.324 e. The molecule has 2 fully saturated rings. The first-order valence-electron chi connectivity index (χ1n) is 7.63. The van der Waals surface area contributed by atoms with E-state index in [2.05, 4.69) is 21.2 Å². The van der Waals surface area contributed by atoms with Crippen molar-refractivity contribution < 1.29 is 9.59 Å². The Morgan fingerprint density at radius 1 is 1.12 bits per heavy atom. The van der Waals surface area contributed by atoms with E-state index in [9.17, 15) is 9.59 Å². The summed E-state index contributed by atoms with van der Waals surface area (Å²) in [6.45, 7) is 5.95. The van der Waals surface area contributed by atoms with Gasteiger partial charge < -0.3 is 5.32 Å². The molecule has 2 bridgehead atoms.